The van der Waals surface area contributed by atoms with Crippen LogP contribution in [-0.2, 0) is 10.0 Å². The maximum absolute atomic E-state index is 13.2. The molecule has 0 saturated carbocycles. The zero-order chi connectivity index (χ0) is 19.6. The number of sulfonamides is 1. The number of anilines is 1. The van der Waals surface area contributed by atoms with Crippen LogP contribution in [0.5, 0.6) is 0 Å². The van der Waals surface area contributed by atoms with Gasteiger partial charge in [-0.05, 0) is 72.4 Å². The van der Waals surface area contributed by atoms with Gasteiger partial charge in [-0.3, -0.25) is 4.79 Å². The van der Waals surface area contributed by atoms with Gasteiger partial charge in [0.15, 0.2) is 0 Å². The molecule has 1 aliphatic rings. The van der Waals surface area contributed by atoms with Crippen LogP contribution in [0.15, 0.2) is 51.8 Å². The van der Waals surface area contributed by atoms with Gasteiger partial charge in [0.1, 0.15) is 0 Å². The van der Waals surface area contributed by atoms with Gasteiger partial charge in [0.25, 0.3) is 5.91 Å². The van der Waals surface area contributed by atoms with Gasteiger partial charge >= 0.3 is 0 Å². The maximum atomic E-state index is 13.2. The molecule has 144 valence electrons. The largest absolute Gasteiger partial charge is 0.308 e. The predicted octanol–water partition coefficient (Wildman–Crippen LogP) is 4.21. The van der Waals surface area contributed by atoms with Crippen LogP contribution in [-0.4, -0.2) is 38.3 Å². The Labute approximate surface area is 169 Å². The van der Waals surface area contributed by atoms with Crippen molar-refractivity contribution >= 4 is 37.5 Å². The van der Waals surface area contributed by atoms with Gasteiger partial charge in [-0.1, -0.05) is 18.2 Å². The van der Waals surface area contributed by atoms with Gasteiger partial charge in [0, 0.05) is 29.8 Å². The molecule has 0 radical (unpaired) electrons. The van der Waals surface area contributed by atoms with Crippen LogP contribution in [0, 0.1) is 6.92 Å². The molecule has 1 aliphatic heterocycles. The van der Waals surface area contributed by atoms with Gasteiger partial charge in [-0.2, -0.15) is 4.31 Å². The minimum Gasteiger partial charge on any atom is -0.308 e. The molecule has 1 fully saturated rings. The molecule has 0 bridgehead atoms. The Kier molecular flexibility index (Phi) is 6.03. The third kappa shape index (κ3) is 3.95. The summed E-state index contributed by atoms with van der Waals surface area (Å²) in [4.78, 5) is 15.1. The van der Waals surface area contributed by atoms with Crippen molar-refractivity contribution in [2.24, 2.45) is 0 Å². The number of rotatable bonds is 5. The Hall–Kier alpha value is -1.70. The van der Waals surface area contributed by atoms with Crippen molar-refractivity contribution in [1.29, 1.82) is 0 Å². The summed E-state index contributed by atoms with van der Waals surface area (Å²) in [7, 11) is -3.57. The second kappa shape index (κ2) is 8.12. The van der Waals surface area contributed by atoms with Crippen LogP contribution in [0.25, 0.3) is 0 Å². The van der Waals surface area contributed by atoms with E-state index in [0.717, 1.165) is 24.1 Å². The molecule has 0 unspecified atom stereocenters. The second-order valence-corrected chi connectivity index (χ2v) is 9.38. The first-order valence-electron chi connectivity index (χ1n) is 9.03. The summed E-state index contributed by atoms with van der Waals surface area (Å²) < 4.78 is 27.8. The van der Waals surface area contributed by atoms with Gasteiger partial charge in [-0.25, -0.2) is 8.42 Å². The molecule has 1 heterocycles. The van der Waals surface area contributed by atoms with E-state index in [1.54, 1.807) is 17.0 Å². The third-order valence-electron chi connectivity index (χ3n) is 4.84. The summed E-state index contributed by atoms with van der Waals surface area (Å²) in [5.41, 5.74) is 2.16. The van der Waals surface area contributed by atoms with Crippen molar-refractivity contribution in [2.75, 3.05) is 24.5 Å². The van der Waals surface area contributed by atoms with E-state index >= 15 is 0 Å². The van der Waals surface area contributed by atoms with Crippen molar-refractivity contribution in [1.82, 2.24) is 4.31 Å². The molecule has 0 spiro atoms. The van der Waals surface area contributed by atoms with Gasteiger partial charge < -0.3 is 4.90 Å². The number of nitrogens with zero attached hydrogens (tertiary/aromatic N) is 2. The SMILES string of the molecule is CCN(C(=O)c1cc(S(=O)(=O)N2CCCC2)ccc1Br)c1ccccc1C. The van der Waals surface area contributed by atoms with E-state index in [-0.39, 0.29) is 10.8 Å². The van der Waals surface area contributed by atoms with Crippen LogP contribution in [0.2, 0.25) is 0 Å². The molecular weight excluding hydrogens is 428 g/mol. The van der Waals surface area contributed by atoms with E-state index < -0.39 is 10.0 Å². The molecule has 27 heavy (non-hydrogen) atoms. The van der Waals surface area contributed by atoms with E-state index in [1.807, 2.05) is 38.1 Å². The summed E-state index contributed by atoms with van der Waals surface area (Å²) in [6, 6.07) is 12.4. The monoisotopic (exact) mass is 450 g/mol. The van der Waals surface area contributed by atoms with Crippen LogP contribution in [0.1, 0.15) is 35.7 Å². The maximum Gasteiger partial charge on any atom is 0.259 e. The highest BCUT2D eigenvalue weighted by Gasteiger charge is 2.29. The van der Waals surface area contributed by atoms with Gasteiger partial charge in [-0.15, -0.1) is 0 Å². The van der Waals surface area contributed by atoms with Crippen molar-refractivity contribution in [3.05, 3.63) is 58.1 Å². The van der Waals surface area contributed by atoms with E-state index in [2.05, 4.69) is 15.9 Å². The number of para-hydroxylation sites is 1. The molecule has 0 aromatic heterocycles. The number of halogens is 1. The Morgan fingerprint density at radius 3 is 2.44 bits per heavy atom. The fourth-order valence-corrected chi connectivity index (χ4v) is 5.30. The number of amides is 1. The number of aryl methyl sites for hydroxylation is 1. The molecule has 0 aliphatic carbocycles. The lowest BCUT2D eigenvalue weighted by Gasteiger charge is -2.24. The first kappa shape index (κ1) is 20.0. The highest BCUT2D eigenvalue weighted by atomic mass is 79.9. The fraction of sp³-hybridized carbons (Fsp3) is 0.350. The Morgan fingerprint density at radius 2 is 1.81 bits per heavy atom. The normalized spacial score (nSPS) is 15.1. The van der Waals surface area contributed by atoms with E-state index in [0.29, 0.717) is 29.7 Å². The minimum atomic E-state index is -3.57. The topological polar surface area (TPSA) is 57.7 Å². The number of carbonyl (C=O) groups excluding carboxylic acids is 1. The van der Waals surface area contributed by atoms with E-state index in [1.165, 1.54) is 10.4 Å². The third-order valence-corrected chi connectivity index (χ3v) is 7.42. The van der Waals surface area contributed by atoms with Crippen molar-refractivity contribution in [2.45, 2.75) is 31.6 Å². The second-order valence-electron chi connectivity index (χ2n) is 6.59. The molecule has 2 aromatic carbocycles. The van der Waals surface area contributed by atoms with E-state index in [4.69, 9.17) is 0 Å². The van der Waals surface area contributed by atoms with E-state index in [9.17, 15) is 13.2 Å². The molecule has 2 aromatic rings. The number of carbonyl (C=O) groups is 1. The first-order valence-corrected chi connectivity index (χ1v) is 11.3. The molecule has 0 atom stereocenters. The van der Waals surface area contributed by atoms with Gasteiger partial charge in [0.05, 0.1) is 10.5 Å². The van der Waals surface area contributed by atoms with Crippen molar-refractivity contribution in [3.8, 4) is 0 Å². The van der Waals surface area contributed by atoms with Crippen LogP contribution in [0.4, 0.5) is 5.69 Å². The van der Waals surface area contributed by atoms with Crippen LogP contribution >= 0.6 is 15.9 Å². The molecule has 5 nitrogen and oxygen atoms in total. The summed E-state index contributed by atoms with van der Waals surface area (Å²) >= 11 is 3.41. The average Bonchev–Trinajstić information content (AvgIpc) is 3.19. The van der Waals surface area contributed by atoms with Crippen LogP contribution < -0.4 is 4.90 Å². The Morgan fingerprint density at radius 1 is 1.15 bits per heavy atom. The molecular formula is C20H23BrN2O3S. The molecule has 0 N–H and O–H groups in total. The lowest BCUT2D eigenvalue weighted by atomic mass is 10.1. The highest BCUT2D eigenvalue weighted by molar-refractivity contribution is 9.10. The zero-order valence-corrected chi connectivity index (χ0v) is 17.9. The molecule has 3 rings (SSSR count). The predicted molar refractivity (Wildman–Crippen MR) is 111 cm³/mol. The highest BCUT2D eigenvalue weighted by Crippen LogP contribution is 2.28. The standard InChI is InChI=1S/C20H23BrN2O3S/c1-3-23(19-9-5-4-8-15(19)2)20(24)17-14-16(10-11-18(17)21)27(25,26)22-12-6-7-13-22/h4-5,8-11,14H,3,6-7,12-13H2,1-2H3. The summed E-state index contributed by atoms with van der Waals surface area (Å²) in [6.07, 6.45) is 1.75. The lowest BCUT2D eigenvalue weighted by molar-refractivity contribution is 0.0987. The van der Waals surface area contributed by atoms with Crippen molar-refractivity contribution in [3.63, 3.8) is 0 Å². The molecule has 1 saturated heterocycles. The smallest absolute Gasteiger partial charge is 0.259 e. The summed E-state index contributed by atoms with van der Waals surface area (Å²) in [5, 5.41) is 0. The van der Waals surface area contributed by atoms with Crippen LogP contribution in [0.3, 0.4) is 0 Å². The quantitative estimate of drug-likeness (QED) is 0.685. The number of hydrogen-bond donors (Lipinski definition) is 0. The fourth-order valence-electron chi connectivity index (χ4n) is 3.34. The number of benzene rings is 2. The Balaban J connectivity index is 2.01. The summed E-state index contributed by atoms with van der Waals surface area (Å²) in [6.45, 7) is 5.41. The molecule has 1 amide bonds. The van der Waals surface area contributed by atoms with Crippen molar-refractivity contribution < 1.29 is 13.2 Å². The summed E-state index contributed by atoms with van der Waals surface area (Å²) in [5.74, 6) is -0.225. The Bertz CT molecular complexity index is 953. The lowest BCUT2D eigenvalue weighted by Crippen LogP contribution is -2.32. The number of hydrogen-bond acceptors (Lipinski definition) is 3. The molecule has 7 heteroatoms. The average molecular weight is 451 g/mol. The zero-order valence-electron chi connectivity index (χ0n) is 15.5. The minimum absolute atomic E-state index is 0.164. The van der Waals surface area contributed by atoms with Gasteiger partial charge in [0.2, 0.25) is 10.0 Å². The first-order chi connectivity index (χ1) is 12.9.